The predicted octanol–water partition coefficient (Wildman–Crippen LogP) is 0.452. The molecule has 0 heterocycles. The molecule has 0 rings (SSSR count). The second kappa shape index (κ2) is 6.14. The molecule has 0 saturated carbocycles. The Bertz CT molecular complexity index is 218. The van der Waals surface area contributed by atoms with Crippen molar-refractivity contribution in [1.82, 2.24) is 5.32 Å². The van der Waals surface area contributed by atoms with Gasteiger partial charge in [-0.15, -0.1) is 0 Å². The van der Waals surface area contributed by atoms with Gasteiger partial charge in [0.05, 0.1) is 0 Å². The molecule has 5 heteroatoms. The fourth-order valence-electron chi connectivity index (χ4n) is 1.02. The van der Waals surface area contributed by atoms with E-state index in [9.17, 15) is 9.00 Å². The zero-order valence-corrected chi connectivity index (χ0v) is 9.93. The Labute approximate surface area is 87.5 Å². The van der Waals surface area contributed by atoms with Crippen molar-refractivity contribution in [3.8, 4) is 0 Å². The van der Waals surface area contributed by atoms with E-state index in [1.165, 1.54) is 0 Å². The SMILES string of the molecule is CC(C)C(NCC(C)S(C)=O)C(=O)O. The lowest BCUT2D eigenvalue weighted by Gasteiger charge is -2.19. The minimum absolute atomic E-state index is 0.0180. The quantitative estimate of drug-likeness (QED) is 0.683. The number of rotatable bonds is 6. The monoisotopic (exact) mass is 221 g/mol. The van der Waals surface area contributed by atoms with E-state index >= 15 is 0 Å². The molecular weight excluding hydrogens is 202 g/mol. The average molecular weight is 221 g/mol. The van der Waals surface area contributed by atoms with Gasteiger partial charge in [-0.05, 0) is 12.8 Å². The summed E-state index contributed by atoms with van der Waals surface area (Å²) < 4.78 is 11.0. The zero-order chi connectivity index (χ0) is 11.3. The molecule has 14 heavy (non-hydrogen) atoms. The molecule has 2 N–H and O–H groups in total. The minimum Gasteiger partial charge on any atom is -0.480 e. The second-order valence-corrected chi connectivity index (χ2v) is 5.58. The Morgan fingerprint density at radius 1 is 1.43 bits per heavy atom. The number of hydrogen-bond donors (Lipinski definition) is 2. The van der Waals surface area contributed by atoms with Gasteiger partial charge in [-0.2, -0.15) is 0 Å². The maximum atomic E-state index is 11.0. The van der Waals surface area contributed by atoms with E-state index in [0.717, 1.165) is 0 Å². The summed E-state index contributed by atoms with van der Waals surface area (Å²) >= 11 is 0. The van der Waals surface area contributed by atoms with E-state index in [2.05, 4.69) is 5.32 Å². The molecule has 0 bridgehead atoms. The van der Waals surface area contributed by atoms with Crippen molar-refractivity contribution in [1.29, 1.82) is 0 Å². The van der Waals surface area contributed by atoms with Crippen LogP contribution in [0, 0.1) is 5.92 Å². The predicted molar refractivity (Wildman–Crippen MR) is 57.8 cm³/mol. The van der Waals surface area contributed by atoms with Gasteiger partial charge in [-0.25, -0.2) is 0 Å². The molecule has 0 fully saturated rings. The molecule has 0 aromatic rings. The fourth-order valence-corrected chi connectivity index (χ4v) is 1.35. The summed E-state index contributed by atoms with van der Waals surface area (Å²) in [5.74, 6) is -0.820. The van der Waals surface area contributed by atoms with Gasteiger partial charge >= 0.3 is 5.97 Å². The molecule has 3 unspecified atom stereocenters. The van der Waals surface area contributed by atoms with Crippen LogP contribution in [-0.2, 0) is 15.6 Å². The van der Waals surface area contributed by atoms with Gasteiger partial charge in [-0.3, -0.25) is 9.00 Å². The molecular formula is C9H19NO3S. The van der Waals surface area contributed by atoms with Crippen LogP contribution in [0.5, 0.6) is 0 Å². The summed E-state index contributed by atoms with van der Waals surface area (Å²) in [6, 6.07) is -0.555. The zero-order valence-electron chi connectivity index (χ0n) is 9.11. The van der Waals surface area contributed by atoms with Crippen LogP contribution in [0.1, 0.15) is 20.8 Å². The maximum Gasteiger partial charge on any atom is 0.320 e. The smallest absolute Gasteiger partial charge is 0.320 e. The fraction of sp³-hybridized carbons (Fsp3) is 0.889. The van der Waals surface area contributed by atoms with Gasteiger partial charge in [0.2, 0.25) is 0 Å². The van der Waals surface area contributed by atoms with E-state index in [1.807, 2.05) is 20.8 Å². The summed E-state index contributed by atoms with van der Waals surface area (Å²) in [5, 5.41) is 11.7. The number of hydrogen-bond acceptors (Lipinski definition) is 3. The van der Waals surface area contributed by atoms with Crippen molar-refractivity contribution in [2.75, 3.05) is 12.8 Å². The van der Waals surface area contributed by atoms with Crippen LogP contribution in [0.15, 0.2) is 0 Å². The van der Waals surface area contributed by atoms with Crippen molar-refractivity contribution in [3.63, 3.8) is 0 Å². The van der Waals surface area contributed by atoms with E-state index in [-0.39, 0.29) is 11.2 Å². The Kier molecular flexibility index (Phi) is 5.95. The van der Waals surface area contributed by atoms with E-state index in [4.69, 9.17) is 5.11 Å². The molecule has 0 radical (unpaired) electrons. The minimum atomic E-state index is -0.909. The maximum absolute atomic E-state index is 11.0. The number of carboxylic acid groups (broad SMARTS) is 1. The molecule has 3 atom stereocenters. The largest absolute Gasteiger partial charge is 0.480 e. The van der Waals surface area contributed by atoms with E-state index in [1.54, 1.807) is 6.26 Å². The summed E-state index contributed by atoms with van der Waals surface area (Å²) in [6.45, 7) is 6.00. The van der Waals surface area contributed by atoms with Crippen molar-refractivity contribution in [2.24, 2.45) is 5.92 Å². The van der Waals surface area contributed by atoms with Gasteiger partial charge < -0.3 is 10.4 Å². The molecule has 0 aliphatic rings. The average Bonchev–Trinajstić information content (AvgIpc) is 2.02. The standard InChI is InChI=1S/C9H19NO3S/c1-6(2)8(9(11)12)10-5-7(3)14(4)13/h6-8,10H,5H2,1-4H3,(H,11,12). The highest BCUT2D eigenvalue weighted by Crippen LogP contribution is 2.02. The number of nitrogens with one attached hydrogen (secondary N) is 1. The van der Waals surface area contributed by atoms with Crippen LogP contribution in [0.3, 0.4) is 0 Å². The van der Waals surface area contributed by atoms with Crippen LogP contribution in [-0.4, -0.2) is 39.4 Å². The summed E-state index contributed by atoms with van der Waals surface area (Å²) in [4.78, 5) is 10.8. The van der Waals surface area contributed by atoms with E-state index in [0.29, 0.717) is 6.54 Å². The Hall–Kier alpha value is -0.420. The first-order chi connectivity index (χ1) is 6.36. The van der Waals surface area contributed by atoms with Gasteiger partial charge in [0, 0.05) is 28.9 Å². The highest BCUT2D eigenvalue weighted by atomic mass is 32.2. The lowest BCUT2D eigenvalue weighted by molar-refractivity contribution is -0.140. The number of aliphatic carboxylic acids is 1. The van der Waals surface area contributed by atoms with Crippen molar-refractivity contribution in [2.45, 2.75) is 32.1 Å². The molecule has 0 spiro atoms. The topological polar surface area (TPSA) is 66.4 Å². The van der Waals surface area contributed by atoms with Gasteiger partial charge in [-0.1, -0.05) is 13.8 Å². The third-order valence-corrected chi connectivity index (χ3v) is 3.42. The molecule has 0 saturated heterocycles. The summed E-state index contributed by atoms with van der Waals surface area (Å²) in [5.41, 5.74) is 0. The third kappa shape index (κ3) is 4.72. The number of carbonyl (C=O) groups is 1. The van der Waals surface area contributed by atoms with Gasteiger partial charge in [0.1, 0.15) is 6.04 Å². The van der Waals surface area contributed by atoms with E-state index < -0.39 is 22.8 Å². The van der Waals surface area contributed by atoms with Crippen LogP contribution >= 0.6 is 0 Å². The van der Waals surface area contributed by atoms with Gasteiger partial charge in [0.15, 0.2) is 0 Å². The highest BCUT2D eigenvalue weighted by Gasteiger charge is 2.21. The van der Waals surface area contributed by atoms with Crippen LogP contribution in [0.2, 0.25) is 0 Å². The first kappa shape index (κ1) is 13.6. The molecule has 0 aliphatic carbocycles. The first-order valence-corrected chi connectivity index (χ1v) is 6.26. The van der Waals surface area contributed by atoms with Crippen LogP contribution in [0.4, 0.5) is 0 Å². The summed E-state index contributed by atoms with van der Waals surface area (Å²) in [7, 11) is -0.909. The lowest BCUT2D eigenvalue weighted by Crippen LogP contribution is -2.44. The first-order valence-electron chi connectivity index (χ1n) is 4.64. The molecule has 84 valence electrons. The van der Waals surface area contributed by atoms with Crippen molar-refractivity contribution in [3.05, 3.63) is 0 Å². The van der Waals surface area contributed by atoms with Crippen LogP contribution < -0.4 is 5.32 Å². The summed E-state index contributed by atoms with van der Waals surface area (Å²) in [6.07, 6.45) is 1.62. The molecule has 0 aliphatic heterocycles. The third-order valence-electron chi connectivity index (χ3n) is 2.12. The van der Waals surface area contributed by atoms with Crippen molar-refractivity contribution >= 4 is 16.8 Å². The van der Waals surface area contributed by atoms with Crippen LogP contribution in [0.25, 0.3) is 0 Å². The Balaban J connectivity index is 4.07. The molecule has 0 amide bonds. The van der Waals surface area contributed by atoms with Gasteiger partial charge in [0.25, 0.3) is 0 Å². The molecule has 0 aromatic carbocycles. The normalized spacial score (nSPS) is 17.8. The van der Waals surface area contributed by atoms with Crippen molar-refractivity contribution < 1.29 is 14.1 Å². The number of carboxylic acids is 1. The molecule has 0 aromatic heterocycles. The highest BCUT2D eigenvalue weighted by molar-refractivity contribution is 7.84. The Morgan fingerprint density at radius 3 is 2.21 bits per heavy atom. The Morgan fingerprint density at radius 2 is 1.93 bits per heavy atom. The lowest BCUT2D eigenvalue weighted by atomic mass is 10.1. The second-order valence-electron chi connectivity index (χ2n) is 3.78. The molecule has 4 nitrogen and oxygen atoms in total.